The number of aromatic nitrogens is 4. The van der Waals surface area contributed by atoms with E-state index in [-0.39, 0.29) is 11.9 Å². The highest BCUT2D eigenvalue weighted by molar-refractivity contribution is 5.87. The van der Waals surface area contributed by atoms with Crippen molar-refractivity contribution in [2.45, 2.75) is 31.8 Å². The first-order chi connectivity index (χ1) is 15.3. The number of rotatable bonds is 6. The lowest BCUT2D eigenvalue weighted by atomic mass is 10.1. The van der Waals surface area contributed by atoms with Crippen molar-refractivity contribution in [3.05, 3.63) is 83.8 Å². The largest absolute Gasteiger partial charge is 0.364 e. The average Bonchev–Trinajstić information content (AvgIpc) is 3.46. The normalized spacial score (nSPS) is 16.0. The van der Waals surface area contributed by atoms with Crippen molar-refractivity contribution in [3.63, 3.8) is 0 Å². The molecule has 1 aliphatic heterocycles. The smallest absolute Gasteiger partial charge is 0.229 e. The fourth-order valence-corrected chi connectivity index (χ4v) is 4.15. The van der Waals surface area contributed by atoms with Crippen LogP contribution in [0.3, 0.4) is 0 Å². The first kappa shape index (κ1) is 19.2. The van der Waals surface area contributed by atoms with E-state index in [1.807, 2.05) is 53.4 Å². The number of amides is 1. The van der Waals surface area contributed by atoms with E-state index < -0.39 is 0 Å². The molecule has 1 aliphatic rings. The van der Waals surface area contributed by atoms with Gasteiger partial charge in [0.25, 0.3) is 0 Å². The molecule has 1 fully saturated rings. The van der Waals surface area contributed by atoms with Gasteiger partial charge in [0.1, 0.15) is 0 Å². The molecule has 1 aromatic carbocycles. The van der Waals surface area contributed by atoms with E-state index in [0.29, 0.717) is 13.0 Å². The van der Waals surface area contributed by atoms with Gasteiger partial charge in [-0.05, 0) is 42.7 Å². The molecule has 4 heterocycles. The summed E-state index contributed by atoms with van der Waals surface area (Å²) < 4.78 is 0. The number of aromatic amines is 1. The van der Waals surface area contributed by atoms with Crippen LogP contribution in [0.5, 0.6) is 0 Å². The first-order valence-corrected chi connectivity index (χ1v) is 10.6. The number of benzene rings is 1. The van der Waals surface area contributed by atoms with Crippen molar-refractivity contribution >= 4 is 22.8 Å². The highest BCUT2D eigenvalue weighted by Gasteiger charge is 2.31. The standard InChI is InChI=1S/C24H24N6O/c31-22(15-18-9-4-5-13-25-18)30-14-6-10-21(30)20-12-11-19-23(28-29-24(19)27-20)26-16-17-7-2-1-3-8-17/h1-5,7-9,11-13,21H,6,10,14-16H2,(H2,26,27,28,29)/t21-/m0/s1. The Bertz CT molecular complexity index is 1170. The number of H-pyrrole nitrogens is 1. The van der Waals surface area contributed by atoms with Crippen LogP contribution in [0, 0.1) is 0 Å². The second kappa shape index (κ2) is 8.55. The highest BCUT2D eigenvalue weighted by Crippen LogP contribution is 2.32. The molecule has 5 rings (SSSR count). The van der Waals surface area contributed by atoms with E-state index in [1.54, 1.807) is 6.20 Å². The lowest BCUT2D eigenvalue weighted by Crippen LogP contribution is -2.32. The Morgan fingerprint density at radius 3 is 2.81 bits per heavy atom. The Morgan fingerprint density at radius 2 is 1.97 bits per heavy atom. The van der Waals surface area contributed by atoms with E-state index in [9.17, 15) is 4.79 Å². The summed E-state index contributed by atoms with van der Waals surface area (Å²) in [6.45, 7) is 1.45. The number of carbonyl (C=O) groups is 1. The zero-order chi connectivity index (χ0) is 21.0. The topological polar surface area (TPSA) is 86.8 Å². The molecular weight excluding hydrogens is 388 g/mol. The number of likely N-dealkylation sites (tertiary alicyclic amines) is 1. The summed E-state index contributed by atoms with van der Waals surface area (Å²) in [6, 6.07) is 19.9. The number of hydrogen-bond donors (Lipinski definition) is 2. The molecule has 0 spiro atoms. The predicted octanol–water partition coefficient (Wildman–Crippen LogP) is 3.87. The molecule has 1 atom stereocenters. The van der Waals surface area contributed by atoms with E-state index in [4.69, 9.17) is 4.98 Å². The van der Waals surface area contributed by atoms with Gasteiger partial charge in [-0.15, -0.1) is 0 Å². The van der Waals surface area contributed by atoms with Gasteiger partial charge in [-0.2, -0.15) is 5.10 Å². The average molecular weight is 412 g/mol. The SMILES string of the molecule is O=C(Cc1ccccn1)N1CCC[C@H]1c1ccc2c(NCc3ccccc3)n[nH]c2n1. The van der Waals surface area contributed by atoms with Crippen molar-refractivity contribution in [2.75, 3.05) is 11.9 Å². The van der Waals surface area contributed by atoms with Gasteiger partial charge in [0, 0.05) is 25.0 Å². The summed E-state index contributed by atoms with van der Waals surface area (Å²) >= 11 is 0. The van der Waals surface area contributed by atoms with Gasteiger partial charge in [0.05, 0.1) is 23.5 Å². The van der Waals surface area contributed by atoms with Crippen LogP contribution in [-0.2, 0) is 17.8 Å². The molecule has 156 valence electrons. The molecule has 0 aliphatic carbocycles. The molecule has 1 amide bonds. The Hall–Kier alpha value is -3.74. The molecule has 1 saturated heterocycles. The fraction of sp³-hybridized carbons (Fsp3) is 0.250. The summed E-state index contributed by atoms with van der Waals surface area (Å²) in [4.78, 5) is 23.9. The van der Waals surface area contributed by atoms with Gasteiger partial charge < -0.3 is 10.2 Å². The molecule has 0 radical (unpaired) electrons. The molecule has 0 saturated carbocycles. The Kier molecular flexibility index (Phi) is 5.31. The summed E-state index contributed by atoms with van der Waals surface area (Å²) in [5.41, 5.74) is 3.62. The van der Waals surface area contributed by atoms with E-state index >= 15 is 0 Å². The molecule has 7 nitrogen and oxygen atoms in total. The number of fused-ring (bicyclic) bond motifs is 1. The highest BCUT2D eigenvalue weighted by atomic mass is 16.2. The summed E-state index contributed by atoms with van der Waals surface area (Å²) in [7, 11) is 0. The third-order valence-electron chi connectivity index (χ3n) is 5.72. The summed E-state index contributed by atoms with van der Waals surface area (Å²) in [5.74, 6) is 0.880. The minimum atomic E-state index is -0.00959. The summed E-state index contributed by atoms with van der Waals surface area (Å²) in [5, 5.41) is 11.8. The third kappa shape index (κ3) is 4.12. The summed E-state index contributed by atoms with van der Waals surface area (Å²) in [6.07, 6.45) is 3.93. The lowest BCUT2D eigenvalue weighted by molar-refractivity contribution is -0.131. The van der Waals surface area contributed by atoms with Gasteiger partial charge >= 0.3 is 0 Å². The lowest BCUT2D eigenvalue weighted by Gasteiger charge is -2.24. The maximum atomic E-state index is 12.9. The molecule has 31 heavy (non-hydrogen) atoms. The van der Waals surface area contributed by atoms with Crippen LogP contribution in [0.4, 0.5) is 5.82 Å². The minimum Gasteiger partial charge on any atom is -0.364 e. The number of carbonyl (C=O) groups excluding carboxylic acids is 1. The van der Waals surface area contributed by atoms with Crippen molar-refractivity contribution in [1.82, 2.24) is 25.1 Å². The van der Waals surface area contributed by atoms with Crippen LogP contribution < -0.4 is 5.32 Å². The van der Waals surface area contributed by atoms with Crippen molar-refractivity contribution < 1.29 is 4.79 Å². The molecule has 7 heteroatoms. The zero-order valence-corrected chi connectivity index (χ0v) is 17.2. The molecule has 3 aromatic heterocycles. The number of anilines is 1. The molecular formula is C24H24N6O. The molecule has 4 aromatic rings. The monoisotopic (exact) mass is 412 g/mol. The molecule has 2 N–H and O–H groups in total. The number of nitrogens with one attached hydrogen (secondary N) is 2. The number of hydrogen-bond acceptors (Lipinski definition) is 5. The van der Waals surface area contributed by atoms with Gasteiger partial charge in [-0.25, -0.2) is 4.98 Å². The second-order valence-electron chi connectivity index (χ2n) is 7.79. The zero-order valence-electron chi connectivity index (χ0n) is 17.2. The van der Waals surface area contributed by atoms with E-state index in [1.165, 1.54) is 5.56 Å². The molecule has 0 bridgehead atoms. The van der Waals surface area contributed by atoms with Crippen LogP contribution in [0.25, 0.3) is 11.0 Å². The molecule has 0 unspecified atom stereocenters. The van der Waals surface area contributed by atoms with Crippen LogP contribution in [0.1, 0.15) is 35.8 Å². The fourth-order valence-electron chi connectivity index (χ4n) is 4.15. The maximum Gasteiger partial charge on any atom is 0.229 e. The Balaban J connectivity index is 1.32. The Labute approximate surface area is 180 Å². The van der Waals surface area contributed by atoms with Crippen molar-refractivity contribution in [2.24, 2.45) is 0 Å². The first-order valence-electron chi connectivity index (χ1n) is 10.6. The predicted molar refractivity (Wildman–Crippen MR) is 119 cm³/mol. The minimum absolute atomic E-state index is 0.00959. The Morgan fingerprint density at radius 1 is 1.10 bits per heavy atom. The third-order valence-corrected chi connectivity index (χ3v) is 5.72. The van der Waals surface area contributed by atoms with Gasteiger partial charge in [0.2, 0.25) is 5.91 Å². The second-order valence-corrected chi connectivity index (χ2v) is 7.79. The van der Waals surface area contributed by atoms with Crippen LogP contribution in [-0.4, -0.2) is 37.5 Å². The van der Waals surface area contributed by atoms with Crippen molar-refractivity contribution in [1.29, 1.82) is 0 Å². The van der Waals surface area contributed by atoms with Gasteiger partial charge in [0.15, 0.2) is 11.5 Å². The van der Waals surface area contributed by atoms with Crippen LogP contribution >= 0.6 is 0 Å². The maximum absolute atomic E-state index is 12.9. The number of nitrogens with zero attached hydrogens (tertiary/aromatic N) is 4. The van der Waals surface area contributed by atoms with Gasteiger partial charge in [-0.3, -0.25) is 14.9 Å². The number of pyridine rings is 2. The van der Waals surface area contributed by atoms with Crippen LogP contribution in [0.15, 0.2) is 66.9 Å². The quantitative estimate of drug-likeness (QED) is 0.502. The van der Waals surface area contributed by atoms with Crippen molar-refractivity contribution in [3.8, 4) is 0 Å². The van der Waals surface area contributed by atoms with Gasteiger partial charge in [-0.1, -0.05) is 36.4 Å². The van der Waals surface area contributed by atoms with E-state index in [2.05, 4.69) is 32.6 Å². The van der Waals surface area contributed by atoms with E-state index in [0.717, 1.165) is 47.6 Å². The van der Waals surface area contributed by atoms with Crippen LogP contribution in [0.2, 0.25) is 0 Å².